The minimum Gasteiger partial charge on any atom is -0.488 e. The molecule has 0 amide bonds. The molecule has 44 heavy (non-hydrogen) atoms. The summed E-state index contributed by atoms with van der Waals surface area (Å²) < 4.78 is 34.8. The molecule has 3 N–H and O–H groups in total. The lowest BCUT2D eigenvalue weighted by atomic mass is 10.0. The van der Waals surface area contributed by atoms with Crippen LogP contribution in [0.2, 0.25) is 0 Å². The van der Waals surface area contributed by atoms with Gasteiger partial charge >= 0.3 is 0 Å². The van der Waals surface area contributed by atoms with Gasteiger partial charge in [-0.25, -0.2) is 13.4 Å². The smallest absolute Gasteiger partial charge is 0.182 e. The van der Waals surface area contributed by atoms with Gasteiger partial charge in [0, 0.05) is 25.2 Å². The quantitative estimate of drug-likeness (QED) is 0.262. The molecular weight excluding hydrogens is 572 g/mol. The molecule has 2 aliphatic heterocycles. The molecule has 1 saturated heterocycles. The highest BCUT2D eigenvalue weighted by molar-refractivity contribution is 7.92. The molecule has 0 radical (unpaired) electrons. The van der Waals surface area contributed by atoms with Gasteiger partial charge < -0.3 is 20.7 Å². The highest BCUT2D eigenvalue weighted by Gasteiger charge is 2.24. The third-order valence-corrected chi connectivity index (χ3v) is 10.3. The van der Waals surface area contributed by atoms with Gasteiger partial charge in [-0.15, -0.1) is 0 Å². The monoisotopic (exact) mass is 616 g/mol. The van der Waals surface area contributed by atoms with Crippen molar-refractivity contribution >= 4 is 27.0 Å². The van der Waals surface area contributed by atoms with Crippen LogP contribution >= 0.6 is 0 Å². The number of aryl methyl sites for hydroxylation is 2. The summed E-state index contributed by atoms with van der Waals surface area (Å²) in [4.78, 5) is 5.36. The molecule has 3 heterocycles. The van der Waals surface area contributed by atoms with Gasteiger partial charge in [0.1, 0.15) is 23.5 Å². The molecule has 0 spiro atoms. The number of amidine groups is 1. The van der Waals surface area contributed by atoms with Crippen molar-refractivity contribution < 1.29 is 13.2 Å². The zero-order chi connectivity index (χ0) is 31.3. The Morgan fingerprint density at radius 3 is 2.57 bits per heavy atom. The Labute approximate surface area is 261 Å². The summed E-state index contributed by atoms with van der Waals surface area (Å²) in [7, 11) is -1.59. The molecule has 2 aromatic carbocycles. The highest BCUT2D eigenvalue weighted by atomic mass is 32.2. The lowest BCUT2D eigenvalue weighted by molar-refractivity contribution is 0.163. The summed E-state index contributed by atoms with van der Waals surface area (Å²) in [5.41, 5.74) is 5.47. The van der Waals surface area contributed by atoms with E-state index in [4.69, 9.17) is 9.73 Å². The molecule has 5 rings (SSSR count). The molecule has 0 saturated carbocycles. The molecule has 9 nitrogen and oxygen atoms in total. The molecule has 0 unspecified atom stereocenters. The van der Waals surface area contributed by atoms with Crippen molar-refractivity contribution in [2.75, 3.05) is 23.7 Å². The number of ether oxygens (including phenoxy) is 1. The number of nitrogens with one attached hydrogen (secondary N) is 3. The van der Waals surface area contributed by atoms with Crippen LogP contribution in [-0.4, -0.2) is 48.5 Å². The molecule has 0 bridgehead atoms. The van der Waals surface area contributed by atoms with Gasteiger partial charge in [-0.1, -0.05) is 24.3 Å². The van der Waals surface area contributed by atoms with E-state index < -0.39 is 15.1 Å². The first-order chi connectivity index (χ1) is 21.1. The van der Waals surface area contributed by atoms with Crippen LogP contribution in [0, 0.1) is 6.92 Å². The van der Waals surface area contributed by atoms with Gasteiger partial charge in [0.05, 0.1) is 27.7 Å². The Morgan fingerprint density at radius 1 is 1.07 bits per heavy atom. The van der Waals surface area contributed by atoms with E-state index in [1.807, 2.05) is 38.5 Å². The maximum Gasteiger partial charge on any atom is 0.182 e. The first-order valence-corrected chi connectivity index (χ1v) is 17.0. The zero-order valence-corrected chi connectivity index (χ0v) is 27.2. The number of nitrogens with zero attached hydrogens (tertiary/aromatic N) is 3. The molecule has 0 atom stereocenters. The number of sulfone groups is 1. The second kappa shape index (κ2) is 13.8. The number of piperidine rings is 1. The van der Waals surface area contributed by atoms with Crippen LogP contribution < -0.4 is 20.7 Å². The van der Waals surface area contributed by atoms with Crippen LogP contribution in [0.3, 0.4) is 0 Å². The van der Waals surface area contributed by atoms with E-state index in [1.54, 1.807) is 36.7 Å². The number of benzene rings is 2. The standard InChI is InChI=1S/C34H44N6O3S/c1-23(2)44(41,42)32-13-10-9-12-29(32)38-34-24(3)11-7-6-8-14-33(39-34)37-30-20-28(26-21-36-40(5)22-26)25(4)19-31(30)43-27-15-17-35-18-16-27/h7,9-13,19-23,27,35,38H,6,8,14-18H2,1-5H3,(H,37,39)/b11-7-,34-24-. The number of anilines is 2. The van der Waals surface area contributed by atoms with E-state index >= 15 is 0 Å². The molecule has 0 aliphatic carbocycles. The number of allylic oxidation sites excluding steroid dienone is 3. The van der Waals surface area contributed by atoms with Crippen LogP contribution in [0.25, 0.3) is 11.1 Å². The fraction of sp³-hybridized carbons (Fsp3) is 0.412. The second-order valence-electron chi connectivity index (χ2n) is 11.9. The summed E-state index contributed by atoms with van der Waals surface area (Å²) >= 11 is 0. The van der Waals surface area contributed by atoms with Crippen molar-refractivity contribution in [3.63, 3.8) is 0 Å². The number of aliphatic imine (C=N–C) groups is 1. The molecule has 2 aliphatic rings. The van der Waals surface area contributed by atoms with Crippen LogP contribution in [0.5, 0.6) is 5.75 Å². The van der Waals surface area contributed by atoms with Crippen molar-refractivity contribution in [2.24, 2.45) is 12.0 Å². The molecule has 3 aromatic rings. The van der Waals surface area contributed by atoms with Gasteiger partial charge in [0.15, 0.2) is 9.84 Å². The number of hydrogen-bond donors (Lipinski definition) is 3. The average molecular weight is 617 g/mol. The number of hydrogen-bond acceptors (Lipinski definition) is 8. The summed E-state index contributed by atoms with van der Waals surface area (Å²) in [6, 6.07) is 11.3. The largest absolute Gasteiger partial charge is 0.488 e. The van der Waals surface area contributed by atoms with Crippen molar-refractivity contribution in [1.29, 1.82) is 0 Å². The van der Waals surface area contributed by atoms with Crippen molar-refractivity contribution in [2.45, 2.75) is 76.0 Å². The van der Waals surface area contributed by atoms with E-state index in [0.29, 0.717) is 17.9 Å². The fourth-order valence-corrected chi connectivity index (χ4v) is 6.62. The Balaban J connectivity index is 1.54. The van der Waals surface area contributed by atoms with Gasteiger partial charge in [-0.05, 0) is 107 Å². The lowest BCUT2D eigenvalue weighted by Crippen LogP contribution is -2.34. The Morgan fingerprint density at radius 2 is 1.84 bits per heavy atom. The SMILES string of the molecule is CC1=C(Nc2ccccc2S(=O)(=O)C(C)C)/N=C(/Nc2cc(-c3cnn(C)c3)c(C)cc2OC2CCNCC2)CCC/C=C\1. The normalized spacial score (nSPS) is 20.3. The van der Waals surface area contributed by atoms with E-state index in [2.05, 4.69) is 46.2 Å². The lowest BCUT2D eigenvalue weighted by Gasteiger charge is -2.26. The van der Waals surface area contributed by atoms with Gasteiger partial charge in [0.2, 0.25) is 0 Å². The summed E-state index contributed by atoms with van der Waals surface area (Å²) in [6.07, 6.45) is 12.6. The Bertz CT molecular complexity index is 1680. The third-order valence-electron chi connectivity index (χ3n) is 8.04. The van der Waals surface area contributed by atoms with Gasteiger partial charge in [-0.2, -0.15) is 5.10 Å². The van der Waals surface area contributed by atoms with E-state index in [-0.39, 0.29) is 11.0 Å². The van der Waals surface area contributed by atoms with E-state index in [1.165, 1.54) is 0 Å². The number of para-hydroxylation sites is 1. The average Bonchev–Trinajstić information content (AvgIpc) is 3.46. The number of rotatable bonds is 8. The molecule has 1 aromatic heterocycles. The topological polar surface area (TPSA) is 110 Å². The number of aromatic nitrogens is 2. The van der Waals surface area contributed by atoms with Crippen molar-refractivity contribution in [1.82, 2.24) is 15.1 Å². The Hall–Kier alpha value is -3.89. The van der Waals surface area contributed by atoms with Crippen LogP contribution in [0.1, 0.15) is 58.4 Å². The van der Waals surface area contributed by atoms with Crippen molar-refractivity contribution in [3.8, 4) is 16.9 Å². The maximum absolute atomic E-state index is 13.2. The van der Waals surface area contributed by atoms with Crippen molar-refractivity contribution in [3.05, 3.63) is 77.9 Å². The summed E-state index contributed by atoms with van der Waals surface area (Å²) in [5, 5.41) is 14.3. The van der Waals surface area contributed by atoms with E-state index in [0.717, 1.165) is 78.3 Å². The molecule has 1 fully saturated rings. The predicted octanol–water partition coefficient (Wildman–Crippen LogP) is 6.60. The zero-order valence-electron chi connectivity index (χ0n) is 26.4. The minimum absolute atomic E-state index is 0.130. The minimum atomic E-state index is -3.51. The maximum atomic E-state index is 13.2. The summed E-state index contributed by atoms with van der Waals surface area (Å²) in [5.74, 6) is 2.17. The molecular formula is C34H44N6O3S. The first kappa shape index (κ1) is 31.5. The predicted molar refractivity (Wildman–Crippen MR) is 179 cm³/mol. The van der Waals surface area contributed by atoms with E-state index in [9.17, 15) is 8.42 Å². The van der Waals surface area contributed by atoms with Crippen LogP contribution in [0.4, 0.5) is 11.4 Å². The highest BCUT2D eigenvalue weighted by Crippen LogP contribution is 2.36. The Kier molecular flexibility index (Phi) is 9.90. The summed E-state index contributed by atoms with van der Waals surface area (Å²) in [6.45, 7) is 9.36. The third kappa shape index (κ3) is 7.42. The molecule has 234 valence electrons. The van der Waals surface area contributed by atoms with Crippen LogP contribution in [-0.2, 0) is 16.9 Å². The second-order valence-corrected chi connectivity index (χ2v) is 14.3. The molecule has 10 heteroatoms. The van der Waals surface area contributed by atoms with Crippen LogP contribution in [0.15, 0.2) is 82.2 Å². The van der Waals surface area contributed by atoms with Gasteiger partial charge in [0.25, 0.3) is 0 Å². The first-order valence-electron chi connectivity index (χ1n) is 15.4. The van der Waals surface area contributed by atoms with Gasteiger partial charge in [-0.3, -0.25) is 4.68 Å². The fourth-order valence-electron chi connectivity index (χ4n) is 5.42.